The molecule has 0 aliphatic carbocycles. The lowest BCUT2D eigenvalue weighted by Gasteiger charge is -2.39. The summed E-state index contributed by atoms with van der Waals surface area (Å²) in [7, 11) is 0. The Kier molecular flexibility index (Phi) is 6.17. The maximum Gasteiger partial charge on any atom is 0.220 e. The molecule has 2 aromatic rings. The summed E-state index contributed by atoms with van der Waals surface area (Å²) in [4.78, 5) is 22.5. The van der Waals surface area contributed by atoms with Gasteiger partial charge in [0.05, 0.1) is 5.60 Å². The SMILES string of the molecule is O=C(CCCc1ccncc1)NC[C@@]1(O)CCCN(c2ccccn2)C1. The van der Waals surface area contributed by atoms with Crippen molar-refractivity contribution in [3.63, 3.8) is 0 Å². The number of β-amino-alcohol motifs (C(OH)–C–C–N with tert-alkyl or cyclic N) is 1. The largest absolute Gasteiger partial charge is 0.386 e. The van der Waals surface area contributed by atoms with E-state index in [1.165, 1.54) is 5.56 Å². The van der Waals surface area contributed by atoms with Crippen molar-refractivity contribution >= 4 is 11.7 Å². The number of nitrogens with one attached hydrogen (secondary N) is 1. The minimum Gasteiger partial charge on any atom is -0.386 e. The van der Waals surface area contributed by atoms with Crippen LogP contribution < -0.4 is 10.2 Å². The van der Waals surface area contributed by atoms with Gasteiger partial charge in [-0.15, -0.1) is 0 Å². The van der Waals surface area contributed by atoms with Gasteiger partial charge < -0.3 is 15.3 Å². The lowest BCUT2D eigenvalue weighted by atomic mass is 9.92. The third-order valence-corrected chi connectivity index (χ3v) is 4.76. The number of hydrogen-bond acceptors (Lipinski definition) is 5. The Morgan fingerprint density at radius 3 is 2.85 bits per heavy atom. The molecule has 26 heavy (non-hydrogen) atoms. The molecule has 0 aromatic carbocycles. The minimum atomic E-state index is -0.906. The number of carbonyl (C=O) groups excluding carboxylic acids is 1. The summed E-state index contributed by atoms with van der Waals surface area (Å²) in [5.41, 5.74) is 0.279. The molecule has 0 unspecified atom stereocenters. The van der Waals surface area contributed by atoms with Crippen LogP contribution in [0.25, 0.3) is 0 Å². The molecule has 2 aromatic heterocycles. The topological polar surface area (TPSA) is 78.3 Å². The summed E-state index contributed by atoms with van der Waals surface area (Å²) in [6.45, 7) is 1.64. The fourth-order valence-corrected chi connectivity index (χ4v) is 3.35. The van der Waals surface area contributed by atoms with Gasteiger partial charge in [0.2, 0.25) is 5.91 Å². The molecule has 6 nitrogen and oxygen atoms in total. The van der Waals surface area contributed by atoms with Crippen molar-refractivity contribution in [1.82, 2.24) is 15.3 Å². The van der Waals surface area contributed by atoms with Gasteiger partial charge in [0.1, 0.15) is 5.82 Å². The van der Waals surface area contributed by atoms with E-state index in [0.29, 0.717) is 19.4 Å². The first-order chi connectivity index (χ1) is 12.6. The number of pyridine rings is 2. The monoisotopic (exact) mass is 354 g/mol. The lowest BCUT2D eigenvalue weighted by molar-refractivity contribution is -0.122. The van der Waals surface area contributed by atoms with Crippen molar-refractivity contribution in [2.24, 2.45) is 0 Å². The molecule has 1 fully saturated rings. The number of amides is 1. The van der Waals surface area contributed by atoms with E-state index in [-0.39, 0.29) is 12.5 Å². The van der Waals surface area contributed by atoms with Crippen LogP contribution in [-0.2, 0) is 11.2 Å². The molecule has 1 atom stereocenters. The van der Waals surface area contributed by atoms with Gasteiger partial charge in [-0.2, -0.15) is 0 Å². The predicted molar refractivity (Wildman–Crippen MR) is 101 cm³/mol. The second kappa shape index (κ2) is 8.76. The number of hydrogen-bond donors (Lipinski definition) is 2. The lowest BCUT2D eigenvalue weighted by Crippen LogP contribution is -2.54. The molecule has 2 N–H and O–H groups in total. The van der Waals surface area contributed by atoms with Crippen LogP contribution in [-0.4, -0.2) is 46.2 Å². The molecule has 0 radical (unpaired) electrons. The Balaban J connectivity index is 1.43. The van der Waals surface area contributed by atoms with Crippen LogP contribution >= 0.6 is 0 Å². The molecule has 0 spiro atoms. The zero-order chi connectivity index (χ0) is 18.2. The number of rotatable bonds is 7. The van der Waals surface area contributed by atoms with Crippen LogP contribution in [0, 0.1) is 0 Å². The Labute approximate surface area is 154 Å². The van der Waals surface area contributed by atoms with E-state index in [2.05, 4.69) is 20.2 Å². The van der Waals surface area contributed by atoms with Crippen molar-refractivity contribution in [2.75, 3.05) is 24.5 Å². The molecule has 138 valence electrons. The number of anilines is 1. The maximum absolute atomic E-state index is 12.1. The quantitative estimate of drug-likeness (QED) is 0.795. The third kappa shape index (κ3) is 5.26. The summed E-state index contributed by atoms with van der Waals surface area (Å²) in [6, 6.07) is 9.71. The molecule has 1 aliphatic rings. The number of aliphatic hydroxyl groups is 1. The Bertz CT molecular complexity index is 695. The predicted octanol–water partition coefficient (Wildman–Crippen LogP) is 1.95. The van der Waals surface area contributed by atoms with Crippen LogP contribution in [0.15, 0.2) is 48.9 Å². The Hall–Kier alpha value is -2.47. The molecular formula is C20H26N4O2. The number of carbonyl (C=O) groups is 1. The van der Waals surface area contributed by atoms with E-state index in [0.717, 1.165) is 31.6 Å². The van der Waals surface area contributed by atoms with E-state index in [9.17, 15) is 9.90 Å². The molecule has 1 amide bonds. The van der Waals surface area contributed by atoms with Gasteiger partial charge in [-0.1, -0.05) is 6.07 Å². The molecule has 1 saturated heterocycles. The summed E-state index contributed by atoms with van der Waals surface area (Å²) in [6.07, 6.45) is 8.96. The van der Waals surface area contributed by atoms with Crippen LogP contribution in [0.3, 0.4) is 0 Å². The van der Waals surface area contributed by atoms with E-state index in [1.807, 2.05) is 30.3 Å². The van der Waals surface area contributed by atoms with Gasteiger partial charge in [0.15, 0.2) is 0 Å². The Morgan fingerprint density at radius 2 is 2.08 bits per heavy atom. The molecule has 0 saturated carbocycles. The molecule has 3 rings (SSSR count). The van der Waals surface area contributed by atoms with Crippen LogP contribution in [0.1, 0.15) is 31.2 Å². The van der Waals surface area contributed by atoms with Crippen molar-refractivity contribution in [3.05, 3.63) is 54.5 Å². The number of aryl methyl sites for hydroxylation is 1. The average molecular weight is 354 g/mol. The summed E-state index contributed by atoms with van der Waals surface area (Å²) in [5, 5.41) is 13.8. The van der Waals surface area contributed by atoms with Crippen molar-refractivity contribution in [2.45, 2.75) is 37.7 Å². The summed E-state index contributed by atoms with van der Waals surface area (Å²) in [5.74, 6) is 0.858. The second-order valence-electron chi connectivity index (χ2n) is 6.92. The first-order valence-electron chi connectivity index (χ1n) is 9.19. The highest BCUT2D eigenvalue weighted by Crippen LogP contribution is 2.24. The van der Waals surface area contributed by atoms with Crippen LogP contribution in [0.2, 0.25) is 0 Å². The first-order valence-corrected chi connectivity index (χ1v) is 9.19. The number of piperidine rings is 1. The first kappa shape index (κ1) is 18.3. The maximum atomic E-state index is 12.1. The molecule has 0 bridgehead atoms. The molecule has 6 heteroatoms. The summed E-state index contributed by atoms with van der Waals surface area (Å²) < 4.78 is 0. The normalized spacial score (nSPS) is 20.0. The molecule has 3 heterocycles. The Morgan fingerprint density at radius 1 is 1.23 bits per heavy atom. The fraction of sp³-hybridized carbons (Fsp3) is 0.450. The highest BCUT2D eigenvalue weighted by atomic mass is 16.3. The highest BCUT2D eigenvalue weighted by molar-refractivity contribution is 5.75. The second-order valence-corrected chi connectivity index (χ2v) is 6.92. The number of aromatic nitrogens is 2. The van der Waals surface area contributed by atoms with Gasteiger partial charge in [-0.3, -0.25) is 9.78 Å². The van der Waals surface area contributed by atoms with Crippen molar-refractivity contribution in [1.29, 1.82) is 0 Å². The highest BCUT2D eigenvalue weighted by Gasteiger charge is 2.34. The smallest absolute Gasteiger partial charge is 0.220 e. The molecular weight excluding hydrogens is 328 g/mol. The van der Waals surface area contributed by atoms with E-state index in [1.54, 1.807) is 18.6 Å². The molecule has 1 aliphatic heterocycles. The minimum absolute atomic E-state index is 0.0116. The number of nitrogens with zero attached hydrogens (tertiary/aromatic N) is 3. The van der Waals surface area contributed by atoms with Crippen molar-refractivity contribution in [3.8, 4) is 0 Å². The zero-order valence-corrected chi connectivity index (χ0v) is 15.0. The van der Waals surface area contributed by atoms with Crippen molar-refractivity contribution < 1.29 is 9.90 Å². The third-order valence-electron chi connectivity index (χ3n) is 4.76. The average Bonchev–Trinajstić information content (AvgIpc) is 2.68. The van der Waals surface area contributed by atoms with Gasteiger partial charge in [-0.25, -0.2) is 4.98 Å². The van der Waals surface area contributed by atoms with E-state index >= 15 is 0 Å². The van der Waals surface area contributed by atoms with E-state index in [4.69, 9.17) is 0 Å². The standard InChI is InChI=1S/C20H26N4O2/c25-19(7-3-5-17-8-12-21-13-9-17)23-15-20(26)10-4-14-24(16-20)18-6-1-2-11-22-18/h1-2,6,8-9,11-13,26H,3-5,7,10,14-16H2,(H,23,25)/t20-/m0/s1. The van der Waals surface area contributed by atoms with E-state index < -0.39 is 5.60 Å². The zero-order valence-electron chi connectivity index (χ0n) is 15.0. The van der Waals surface area contributed by atoms with Gasteiger partial charge in [-0.05, 0) is 55.5 Å². The van der Waals surface area contributed by atoms with Gasteiger partial charge in [0, 0.05) is 44.6 Å². The fourth-order valence-electron chi connectivity index (χ4n) is 3.35. The van der Waals surface area contributed by atoms with Gasteiger partial charge >= 0.3 is 0 Å². The van der Waals surface area contributed by atoms with Gasteiger partial charge in [0.25, 0.3) is 0 Å². The summed E-state index contributed by atoms with van der Waals surface area (Å²) >= 11 is 0. The van der Waals surface area contributed by atoms with Crippen LogP contribution in [0.4, 0.5) is 5.82 Å². The van der Waals surface area contributed by atoms with Crippen LogP contribution in [0.5, 0.6) is 0 Å².